The molecule has 0 radical (unpaired) electrons. The molecule has 6 atom stereocenters. The second-order valence-corrected chi connectivity index (χ2v) is 14.8. The monoisotopic (exact) mass is 687 g/mol. The number of nitrogens with one attached hydrogen (secondary N) is 1. The van der Waals surface area contributed by atoms with Gasteiger partial charge in [0.25, 0.3) is 0 Å². The predicted molar refractivity (Wildman–Crippen MR) is 178 cm³/mol. The summed E-state index contributed by atoms with van der Waals surface area (Å²) in [6.07, 6.45) is -3.01. The number of hydrogen-bond acceptors (Lipinski definition) is 11. The summed E-state index contributed by atoms with van der Waals surface area (Å²) in [5.41, 5.74) is -1.35. The Morgan fingerprint density at radius 1 is 0.857 bits per heavy atom. The van der Waals surface area contributed by atoms with E-state index in [1.54, 1.807) is 34.6 Å². The smallest absolute Gasteiger partial charge is 0.408 e. The van der Waals surface area contributed by atoms with E-state index in [0.29, 0.717) is 13.2 Å². The van der Waals surface area contributed by atoms with Crippen LogP contribution >= 0.6 is 0 Å². The highest BCUT2D eigenvalue weighted by atomic mass is 16.8. The van der Waals surface area contributed by atoms with Crippen molar-refractivity contribution >= 4 is 6.09 Å². The van der Waals surface area contributed by atoms with Crippen molar-refractivity contribution < 1.29 is 52.5 Å². The third-order valence-electron chi connectivity index (χ3n) is 8.99. The molecule has 0 bridgehead atoms. The van der Waals surface area contributed by atoms with Gasteiger partial charge < -0.3 is 53.1 Å². The Hall–Kier alpha value is -2.65. The summed E-state index contributed by atoms with van der Waals surface area (Å²) in [5.74, 6) is -2.90. The number of benzene rings is 2. The fraction of sp³-hybridized carbons (Fsp3) is 0.649. The second kappa shape index (κ2) is 15.3. The van der Waals surface area contributed by atoms with E-state index in [1.165, 1.54) is 0 Å². The molecule has 1 spiro atoms. The fourth-order valence-corrected chi connectivity index (χ4v) is 7.07. The molecule has 3 aliphatic rings. The van der Waals surface area contributed by atoms with Gasteiger partial charge in [0, 0.05) is 5.92 Å². The molecule has 272 valence electrons. The van der Waals surface area contributed by atoms with E-state index in [4.69, 9.17) is 42.6 Å². The molecule has 12 heteroatoms. The number of aliphatic hydroxyl groups excluding tert-OH is 1. The Morgan fingerprint density at radius 3 is 2.00 bits per heavy atom. The van der Waals surface area contributed by atoms with E-state index < -0.39 is 65.2 Å². The summed E-state index contributed by atoms with van der Waals surface area (Å²) in [6, 6.07) is 19.5. The molecule has 5 rings (SSSR count). The number of alkyl carbamates (subject to hydrolysis) is 1. The lowest BCUT2D eigenvalue weighted by Crippen LogP contribution is -2.79. The molecule has 2 heterocycles. The van der Waals surface area contributed by atoms with Crippen LogP contribution in [-0.2, 0) is 55.8 Å². The fourth-order valence-electron chi connectivity index (χ4n) is 7.07. The molecule has 0 aromatic heterocycles. The van der Waals surface area contributed by atoms with Crippen molar-refractivity contribution in [1.82, 2.24) is 5.32 Å². The molecule has 1 amide bonds. The molecule has 1 aliphatic carbocycles. The first-order valence-corrected chi connectivity index (χ1v) is 16.9. The third-order valence-corrected chi connectivity index (χ3v) is 8.99. The average molecular weight is 688 g/mol. The number of aliphatic hydroxyl groups is 1. The van der Waals surface area contributed by atoms with Crippen LogP contribution in [0, 0.1) is 5.92 Å². The van der Waals surface area contributed by atoms with Gasteiger partial charge in [0.1, 0.15) is 37.5 Å². The number of fused-ring (bicyclic) bond motifs is 2. The molecule has 2 aliphatic heterocycles. The summed E-state index contributed by atoms with van der Waals surface area (Å²) in [6.45, 7) is 13.0. The molecular weight excluding hydrogens is 634 g/mol. The summed E-state index contributed by atoms with van der Waals surface area (Å²) in [7, 11) is 0. The standard InChI is InChI=1S/C37H53NO11/c1-33(2,3)48-32(40)38-36(18-19-41-24-42-21-26-14-10-8-11-15-26)28(20-39)29(44-25-43-22-27-16-12-9-13-17-27)37(23-45-34(4,5)49-37)31-30(36)46-35(6,7)47-31/h8-17,28-31,39H,18-25H2,1-7H3,(H,38,40)/t28-,29+,30+,31-,36+,37-/m0/s1. The van der Waals surface area contributed by atoms with Gasteiger partial charge in [0.15, 0.2) is 17.2 Å². The first-order valence-electron chi connectivity index (χ1n) is 16.9. The topological polar surface area (TPSA) is 132 Å². The third kappa shape index (κ3) is 8.99. The number of amides is 1. The van der Waals surface area contributed by atoms with Crippen LogP contribution in [0.15, 0.2) is 60.7 Å². The minimum Gasteiger partial charge on any atom is -0.444 e. The van der Waals surface area contributed by atoms with Crippen molar-refractivity contribution in [2.24, 2.45) is 5.92 Å². The normalized spacial score (nSPS) is 30.3. The minimum atomic E-state index is -1.32. The van der Waals surface area contributed by atoms with Gasteiger partial charge in [-0.1, -0.05) is 60.7 Å². The SMILES string of the molecule is CC(C)(C)OC(=O)N[C@@]1(CCOCOCc2ccccc2)[C@@H]2OC(C)(C)O[C@@H]2[C@]2(COC(C)(C)O2)[C@H](OCOCc2ccccc2)[C@@H]1CO. The number of ether oxygens (including phenoxy) is 9. The highest BCUT2D eigenvalue weighted by Gasteiger charge is 2.74. The zero-order chi connectivity index (χ0) is 35.3. The van der Waals surface area contributed by atoms with Crippen molar-refractivity contribution in [3.63, 3.8) is 0 Å². The molecule has 1 saturated carbocycles. The van der Waals surface area contributed by atoms with Crippen LogP contribution in [0.25, 0.3) is 0 Å². The number of hydrogen-bond donors (Lipinski definition) is 2. The highest BCUT2D eigenvalue weighted by Crippen LogP contribution is 2.55. The molecule has 0 unspecified atom stereocenters. The quantitative estimate of drug-likeness (QED) is 0.204. The lowest BCUT2D eigenvalue weighted by Gasteiger charge is -2.57. The molecule has 3 fully saturated rings. The van der Waals surface area contributed by atoms with Crippen LogP contribution in [0.3, 0.4) is 0 Å². The number of carbonyl (C=O) groups excluding carboxylic acids is 1. The van der Waals surface area contributed by atoms with Crippen LogP contribution in [0.1, 0.15) is 66.0 Å². The lowest BCUT2D eigenvalue weighted by atomic mass is 9.60. The van der Waals surface area contributed by atoms with Crippen molar-refractivity contribution in [2.75, 3.05) is 33.4 Å². The molecule has 49 heavy (non-hydrogen) atoms. The first-order chi connectivity index (χ1) is 23.2. The highest BCUT2D eigenvalue weighted by molar-refractivity contribution is 5.69. The second-order valence-electron chi connectivity index (χ2n) is 14.8. The maximum Gasteiger partial charge on any atom is 0.408 e. The van der Waals surface area contributed by atoms with Crippen molar-refractivity contribution in [2.45, 2.75) is 115 Å². The predicted octanol–water partition coefficient (Wildman–Crippen LogP) is 5.05. The molecule has 12 nitrogen and oxygen atoms in total. The van der Waals surface area contributed by atoms with E-state index in [9.17, 15) is 9.90 Å². The summed E-state index contributed by atoms with van der Waals surface area (Å²) < 4.78 is 56.2. The zero-order valence-corrected chi connectivity index (χ0v) is 29.8. The Balaban J connectivity index is 1.45. The summed E-state index contributed by atoms with van der Waals surface area (Å²) in [4.78, 5) is 13.7. The number of rotatable bonds is 14. The van der Waals surface area contributed by atoms with Gasteiger partial charge in [-0.25, -0.2) is 4.79 Å². The zero-order valence-electron chi connectivity index (χ0n) is 29.8. The van der Waals surface area contributed by atoms with E-state index in [-0.39, 0.29) is 33.2 Å². The van der Waals surface area contributed by atoms with Crippen LogP contribution < -0.4 is 5.32 Å². The van der Waals surface area contributed by atoms with Crippen molar-refractivity contribution in [3.8, 4) is 0 Å². The summed E-state index contributed by atoms with van der Waals surface area (Å²) in [5, 5.41) is 14.4. The molecule has 2 saturated heterocycles. The van der Waals surface area contributed by atoms with E-state index in [1.807, 2.05) is 74.5 Å². The Labute approximate surface area is 289 Å². The molecular formula is C37H53NO11. The van der Waals surface area contributed by atoms with Gasteiger partial charge in [-0.2, -0.15) is 0 Å². The van der Waals surface area contributed by atoms with Crippen LogP contribution in [0.2, 0.25) is 0 Å². The summed E-state index contributed by atoms with van der Waals surface area (Å²) >= 11 is 0. The Kier molecular flexibility index (Phi) is 11.7. The molecule has 2 aromatic carbocycles. The Bertz CT molecular complexity index is 1350. The van der Waals surface area contributed by atoms with Gasteiger partial charge in [0.05, 0.1) is 38.6 Å². The van der Waals surface area contributed by atoms with E-state index in [0.717, 1.165) is 11.1 Å². The van der Waals surface area contributed by atoms with Gasteiger partial charge >= 0.3 is 6.09 Å². The van der Waals surface area contributed by atoms with Gasteiger partial charge in [-0.3, -0.25) is 0 Å². The largest absolute Gasteiger partial charge is 0.444 e. The van der Waals surface area contributed by atoms with E-state index >= 15 is 0 Å². The maximum absolute atomic E-state index is 13.7. The van der Waals surface area contributed by atoms with Crippen LogP contribution in [0.4, 0.5) is 4.79 Å². The minimum absolute atomic E-state index is 0.0144. The number of carbonyl (C=O) groups is 1. The average Bonchev–Trinajstić information content (AvgIpc) is 3.55. The van der Waals surface area contributed by atoms with Crippen LogP contribution in [0.5, 0.6) is 0 Å². The van der Waals surface area contributed by atoms with E-state index in [2.05, 4.69) is 5.32 Å². The lowest BCUT2D eigenvalue weighted by molar-refractivity contribution is -0.284. The van der Waals surface area contributed by atoms with Crippen molar-refractivity contribution in [3.05, 3.63) is 71.8 Å². The first kappa shape index (κ1) is 37.6. The van der Waals surface area contributed by atoms with Crippen molar-refractivity contribution in [1.29, 1.82) is 0 Å². The maximum atomic E-state index is 13.7. The Morgan fingerprint density at radius 2 is 1.45 bits per heavy atom. The molecule has 2 N–H and O–H groups in total. The molecule has 2 aromatic rings. The van der Waals surface area contributed by atoms with Gasteiger partial charge in [-0.15, -0.1) is 0 Å². The van der Waals surface area contributed by atoms with Gasteiger partial charge in [-0.05, 0) is 66.0 Å². The van der Waals surface area contributed by atoms with Crippen LogP contribution in [-0.4, -0.2) is 91.2 Å². The van der Waals surface area contributed by atoms with Gasteiger partial charge in [0.2, 0.25) is 0 Å².